The van der Waals surface area contributed by atoms with Gasteiger partial charge in [-0.05, 0) is 30.7 Å². The molecule has 1 aromatic heterocycles. The van der Waals surface area contributed by atoms with Gasteiger partial charge < -0.3 is 19.5 Å². The molecule has 0 radical (unpaired) electrons. The number of nitrogens with one attached hydrogen (secondary N) is 2. The smallest absolute Gasteiger partial charge is 0.305 e. The molecule has 0 aliphatic rings. The minimum atomic E-state index is -3.81. The minimum Gasteiger partial charge on any atom is -0.497 e. The summed E-state index contributed by atoms with van der Waals surface area (Å²) in [5.41, 5.74) is 1.61. The number of anilines is 3. The molecule has 3 rings (SSSR count). The maximum atomic E-state index is 12.6. The lowest BCUT2D eigenvalue weighted by Crippen LogP contribution is -2.19. The van der Waals surface area contributed by atoms with Crippen LogP contribution in [0.5, 0.6) is 11.5 Å². The number of carbonyl (C=O) groups is 1. The second-order valence-electron chi connectivity index (χ2n) is 6.70. The molecule has 0 atom stereocenters. The molecule has 0 bridgehead atoms. The number of ether oxygens (including phenoxy) is 3. The molecule has 0 aliphatic carbocycles. The van der Waals surface area contributed by atoms with Crippen LogP contribution in [-0.2, 0) is 19.6 Å². The zero-order chi connectivity index (χ0) is 23.1. The molecule has 170 valence electrons. The zero-order valence-electron chi connectivity index (χ0n) is 17.9. The molecule has 10 nitrogen and oxygen atoms in total. The standard InChI is InChI=1S/C21H24N4O6S/c1-29-14-10-11-18(30-2)17(13-14)24-20-21(23-16-8-5-4-7-15(16)22-20)25-32(27,28)12-6-9-19(26)31-3/h4-5,7-8,10-11,13H,6,9,12H2,1-3H3,(H,22,24)(H,23,25). The van der Waals surface area contributed by atoms with Gasteiger partial charge in [0.05, 0.1) is 43.8 Å². The molecule has 11 heteroatoms. The van der Waals surface area contributed by atoms with Crippen LogP contribution in [0.15, 0.2) is 42.5 Å². The van der Waals surface area contributed by atoms with Gasteiger partial charge in [0.15, 0.2) is 11.6 Å². The summed E-state index contributed by atoms with van der Waals surface area (Å²) in [6.45, 7) is 0. The topological polar surface area (TPSA) is 129 Å². The predicted molar refractivity (Wildman–Crippen MR) is 121 cm³/mol. The average Bonchev–Trinajstić information content (AvgIpc) is 2.78. The van der Waals surface area contributed by atoms with Crippen LogP contribution < -0.4 is 19.5 Å². The van der Waals surface area contributed by atoms with Gasteiger partial charge in [-0.2, -0.15) is 0 Å². The molecule has 0 amide bonds. The van der Waals surface area contributed by atoms with Crippen molar-refractivity contribution in [3.05, 3.63) is 42.5 Å². The summed E-state index contributed by atoms with van der Waals surface area (Å²) in [4.78, 5) is 20.3. The van der Waals surface area contributed by atoms with Crippen LogP contribution in [0.2, 0.25) is 0 Å². The Balaban J connectivity index is 1.95. The Morgan fingerprint density at radius 3 is 2.28 bits per heavy atom. The summed E-state index contributed by atoms with van der Waals surface area (Å²) < 4.78 is 42.9. The number of aromatic nitrogens is 2. The third-order valence-electron chi connectivity index (χ3n) is 4.50. The highest BCUT2D eigenvalue weighted by Crippen LogP contribution is 2.33. The maximum Gasteiger partial charge on any atom is 0.305 e. The molecule has 2 aromatic carbocycles. The third-order valence-corrected chi connectivity index (χ3v) is 5.83. The largest absolute Gasteiger partial charge is 0.497 e. The summed E-state index contributed by atoms with van der Waals surface area (Å²) in [7, 11) is 0.503. The fourth-order valence-electron chi connectivity index (χ4n) is 2.90. The van der Waals surface area contributed by atoms with Crippen molar-refractivity contribution in [2.75, 3.05) is 37.1 Å². The molecule has 3 aromatic rings. The van der Waals surface area contributed by atoms with Gasteiger partial charge in [0.2, 0.25) is 10.0 Å². The number of esters is 1. The quantitative estimate of drug-likeness (QED) is 0.439. The molecule has 0 saturated heterocycles. The molecular formula is C21H24N4O6S. The number of carbonyl (C=O) groups excluding carboxylic acids is 1. The van der Waals surface area contributed by atoms with Crippen molar-refractivity contribution >= 4 is 44.3 Å². The highest BCUT2D eigenvalue weighted by atomic mass is 32.2. The van der Waals surface area contributed by atoms with E-state index in [2.05, 4.69) is 24.7 Å². The van der Waals surface area contributed by atoms with E-state index in [0.29, 0.717) is 28.2 Å². The van der Waals surface area contributed by atoms with Crippen LogP contribution in [0, 0.1) is 0 Å². The van der Waals surface area contributed by atoms with Gasteiger partial charge in [-0.3, -0.25) is 9.52 Å². The second kappa shape index (κ2) is 10.1. The van der Waals surface area contributed by atoms with Crippen LogP contribution in [0.3, 0.4) is 0 Å². The van der Waals surface area contributed by atoms with E-state index >= 15 is 0 Å². The van der Waals surface area contributed by atoms with Crippen LogP contribution in [0.4, 0.5) is 17.3 Å². The Morgan fingerprint density at radius 1 is 0.969 bits per heavy atom. The number of sulfonamides is 1. The molecule has 0 spiro atoms. The van der Waals surface area contributed by atoms with Crippen LogP contribution >= 0.6 is 0 Å². The number of para-hydroxylation sites is 2. The van der Waals surface area contributed by atoms with Crippen molar-refractivity contribution in [3.63, 3.8) is 0 Å². The van der Waals surface area contributed by atoms with E-state index < -0.39 is 16.0 Å². The Labute approximate surface area is 186 Å². The van der Waals surface area contributed by atoms with Gasteiger partial charge in [-0.25, -0.2) is 18.4 Å². The first-order valence-corrected chi connectivity index (χ1v) is 11.3. The van der Waals surface area contributed by atoms with Gasteiger partial charge >= 0.3 is 5.97 Å². The Kier molecular flexibility index (Phi) is 7.31. The monoisotopic (exact) mass is 460 g/mol. The molecule has 0 unspecified atom stereocenters. The average molecular weight is 461 g/mol. The van der Waals surface area contributed by atoms with Gasteiger partial charge in [-0.1, -0.05) is 12.1 Å². The van der Waals surface area contributed by atoms with E-state index in [1.54, 1.807) is 36.4 Å². The summed E-state index contributed by atoms with van der Waals surface area (Å²) in [6.07, 6.45) is 0.0996. The first-order valence-electron chi connectivity index (χ1n) is 9.68. The second-order valence-corrected chi connectivity index (χ2v) is 8.54. The van der Waals surface area contributed by atoms with Crippen molar-refractivity contribution < 1.29 is 27.4 Å². The maximum absolute atomic E-state index is 12.6. The lowest BCUT2D eigenvalue weighted by atomic mass is 10.2. The molecule has 1 heterocycles. The number of rotatable bonds is 10. The first kappa shape index (κ1) is 23.1. The van der Waals surface area contributed by atoms with E-state index in [9.17, 15) is 13.2 Å². The summed E-state index contributed by atoms with van der Waals surface area (Å²) in [5.74, 6) is 0.537. The lowest BCUT2D eigenvalue weighted by molar-refractivity contribution is -0.140. The van der Waals surface area contributed by atoms with E-state index in [4.69, 9.17) is 9.47 Å². The molecule has 0 saturated carbocycles. The van der Waals surface area contributed by atoms with Gasteiger partial charge in [0, 0.05) is 12.5 Å². The number of methoxy groups -OCH3 is 3. The highest BCUT2D eigenvalue weighted by Gasteiger charge is 2.18. The molecular weight excluding hydrogens is 436 g/mol. The fourth-order valence-corrected chi connectivity index (χ4v) is 3.97. The summed E-state index contributed by atoms with van der Waals surface area (Å²) in [6, 6.07) is 12.2. The van der Waals surface area contributed by atoms with Gasteiger partial charge in [0.25, 0.3) is 0 Å². The zero-order valence-corrected chi connectivity index (χ0v) is 18.7. The number of benzene rings is 2. The van der Waals surface area contributed by atoms with Gasteiger partial charge in [0.1, 0.15) is 11.5 Å². The van der Waals surface area contributed by atoms with Crippen molar-refractivity contribution in [1.29, 1.82) is 0 Å². The van der Waals surface area contributed by atoms with Crippen LogP contribution in [0.25, 0.3) is 11.0 Å². The fraction of sp³-hybridized carbons (Fsp3) is 0.286. The summed E-state index contributed by atoms with van der Waals surface area (Å²) >= 11 is 0. The van der Waals surface area contributed by atoms with E-state index in [-0.39, 0.29) is 30.2 Å². The van der Waals surface area contributed by atoms with Gasteiger partial charge in [-0.15, -0.1) is 0 Å². The molecule has 32 heavy (non-hydrogen) atoms. The third kappa shape index (κ3) is 5.76. The number of nitrogens with zero attached hydrogens (tertiary/aromatic N) is 2. The van der Waals surface area contributed by atoms with Crippen LogP contribution in [-0.4, -0.2) is 51.4 Å². The van der Waals surface area contributed by atoms with Crippen molar-refractivity contribution in [2.45, 2.75) is 12.8 Å². The van der Waals surface area contributed by atoms with Crippen molar-refractivity contribution in [1.82, 2.24) is 9.97 Å². The van der Waals surface area contributed by atoms with E-state index in [1.165, 1.54) is 21.3 Å². The minimum absolute atomic E-state index is 0.00702. The lowest BCUT2D eigenvalue weighted by Gasteiger charge is -2.16. The van der Waals surface area contributed by atoms with E-state index in [0.717, 1.165) is 0 Å². The highest BCUT2D eigenvalue weighted by molar-refractivity contribution is 7.92. The Hall–Kier alpha value is -3.60. The SMILES string of the molecule is COC(=O)CCCS(=O)(=O)Nc1nc2ccccc2nc1Nc1cc(OC)ccc1OC. The molecule has 2 N–H and O–H groups in total. The number of hydrogen-bond acceptors (Lipinski definition) is 9. The van der Waals surface area contributed by atoms with Crippen LogP contribution in [0.1, 0.15) is 12.8 Å². The summed E-state index contributed by atoms with van der Waals surface area (Å²) in [5, 5.41) is 3.09. The Morgan fingerprint density at radius 2 is 1.66 bits per heavy atom. The Bertz CT molecular complexity index is 1220. The predicted octanol–water partition coefficient (Wildman–Crippen LogP) is 3.09. The van der Waals surface area contributed by atoms with Crippen molar-refractivity contribution in [2.24, 2.45) is 0 Å². The molecule has 0 fully saturated rings. The van der Waals surface area contributed by atoms with Crippen molar-refractivity contribution in [3.8, 4) is 11.5 Å². The normalized spacial score (nSPS) is 11.1. The first-order chi connectivity index (χ1) is 15.3. The molecule has 0 aliphatic heterocycles. The van der Waals surface area contributed by atoms with E-state index in [1.807, 2.05) is 6.07 Å². The number of fused-ring (bicyclic) bond motifs is 1. The number of hydrogen-bond donors (Lipinski definition) is 2.